The number of benzene rings is 1. The highest BCUT2D eigenvalue weighted by molar-refractivity contribution is 5.98. The molecule has 24 heavy (non-hydrogen) atoms. The number of H-pyrrole nitrogens is 1. The lowest BCUT2D eigenvalue weighted by atomic mass is 10.0. The Hall–Kier alpha value is -3.16. The van der Waals surface area contributed by atoms with Gasteiger partial charge < -0.3 is 19.8 Å². The lowest BCUT2D eigenvalue weighted by Gasteiger charge is -2.14. The molecule has 124 valence electrons. The molecule has 8 heteroatoms. The second-order valence-corrected chi connectivity index (χ2v) is 4.84. The molecule has 6 nitrogen and oxygen atoms in total. The first-order valence-electron chi connectivity index (χ1n) is 6.89. The Labute approximate surface area is 135 Å². The van der Waals surface area contributed by atoms with Crippen molar-refractivity contribution in [3.05, 3.63) is 36.0 Å². The summed E-state index contributed by atoms with van der Waals surface area (Å²) in [6.07, 6.45) is 2.05. The van der Waals surface area contributed by atoms with Gasteiger partial charge in [-0.1, -0.05) is 0 Å². The third-order valence-electron chi connectivity index (χ3n) is 3.56. The predicted molar refractivity (Wildman–Crippen MR) is 84.2 cm³/mol. The molecule has 1 aromatic carbocycles. The van der Waals surface area contributed by atoms with E-state index >= 15 is 0 Å². The zero-order valence-corrected chi connectivity index (χ0v) is 12.8. The normalized spacial score (nSPS) is 10.7. The smallest absolute Gasteiger partial charge is 0.212 e. The van der Waals surface area contributed by atoms with Gasteiger partial charge in [-0.25, -0.2) is 13.8 Å². The minimum Gasteiger partial charge on any atom is -0.493 e. The topological polar surface area (TPSA) is 76.2 Å². The molecular weight excluding hydrogens is 320 g/mol. The summed E-state index contributed by atoms with van der Waals surface area (Å²) in [5, 5.41) is 3.02. The van der Waals surface area contributed by atoms with E-state index in [9.17, 15) is 13.6 Å². The predicted octanol–water partition coefficient (Wildman–Crippen LogP) is 3.09. The number of rotatable bonds is 5. The summed E-state index contributed by atoms with van der Waals surface area (Å²) in [6.45, 7) is 0. The lowest BCUT2D eigenvalue weighted by Crippen LogP contribution is -1.99. The average molecular weight is 333 g/mol. The molecule has 0 radical (unpaired) electrons. The Balaban J connectivity index is 2.29. The van der Waals surface area contributed by atoms with Crippen molar-refractivity contribution in [3.8, 4) is 22.6 Å². The van der Waals surface area contributed by atoms with Crippen LogP contribution in [0.25, 0.3) is 22.2 Å². The summed E-state index contributed by atoms with van der Waals surface area (Å²) in [5.74, 6) is -1.61. The van der Waals surface area contributed by atoms with Crippen LogP contribution in [0, 0.1) is 11.6 Å². The van der Waals surface area contributed by atoms with Gasteiger partial charge >= 0.3 is 0 Å². The van der Waals surface area contributed by atoms with Crippen LogP contribution in [0.2, 0.25) is 0 Å². The fraction of sp³-hybridized carbons (Fsp3) is 0.125. The van der Waals surface area contributed by atoms with Crippen LogP contribution in [-0.2, 0) is 4.79 Å². The van der Waals surface area contributed by atoms with Gasteiger partial charge in [-0.05, 0) is 12.1 Å². The number of nitrogens with zero attached hydrogens (tertiary/aromatic N) is 1. The third-order valence-corrected chi connectivity index (χ3v) is 3.56. The molecule has 0 saturated carbocycles. The van der Waals surface area contributed by atoms with Crippen molar-refractivity contribution in [1.82, 2.24) is 9.97 Å². The number of fused-ring (bicyclic) bond motifs is 1. The van der Waals surface area contributed by atoms with Crippen LogP contribution in [-0.4, -0.2) is 30.6 Å². The number of hydrogen-bond donors (Lipinski definition) is 2. The van der Waals surface area contributed by atoms with E-state index in [1.54, 1.807) is 18.3 Å². The molecule has 0 aliphatic heterocycles. The highest BCUT2D eigenvalue weighted by Crippen LogP contribution is 2.44. The maximum Gasteiger partial charge on any atom is 0.212 e. The fourth-order valence-corrected chi connectivity index (χ4v) is 2.58. The van der Waals surface area contributed by atoms with Gasteiger partial charge in [-0.3, -0.25) is 4.79 Å². The summed E-state index contributed by atoms with van der Waals surface area (Å²) in [6, 6.07) is 3.95. The number of aromatic amines is 1. The number of amides is 1. The summed E-state index contributed by atoms with van der Waals surface area (Å²) in [4.78, 5) is 17.6. The molecule has 0 atom stereocenters. The van der Waals surface area contributed by atoms with Crippen LogP contribution in [0.5, 0.6) is 11.5 Å². The molecule has 2 heterocycles. The number of hydrogen-bond acceptors (Lipinski definition) is 4. The Morgan fingerprint density at radius 2 is 1.83 bits per heavy atom. The molecule has 0 spiro atoms. The van der Waals surface area contributed by atoms with E-state index in [0.29, 0.717) is 34.9 Å². The Morgan fingerprint density at radius 1 is 1.17 bits per heavy atom. The maximum absolute atomic E-state index is 14.1. The molecule has 3 aromatic rings. The molecule has 0 aliphatic carbocycles. The largest absolute Gasteiger partial charge is 0.493 e. The van der Waals surface area contributed by atoms with Crippen LogP contribution in [0.15, 0.2) is 24.4 Å². The number of ether oxygens (including phenoxy) is 2. The van der Waals surface area contributed by atoms with E-state index in [2.05, 4.69) is 15.3 Å². The molecule has 2 N–H and O–H groups in total. The standard InChI is InChI=1S/C16H13F2N3O3/c1-23-14-10(17)5-11(18)15(24-2)13(14)9-6-19-16-8(9)3-4-12(21-16)20-7-22/h3-7H,1-2H3,(H2,19,20,21,22). The summed E-state index contributed by atoms with van der Waals surface area (Å²) in [5.41, 5.74) is 1.04. The Bertz CT molecular complexity index is 896. The number of nitrogens with one attached hydrogen (secondary N) is 2. The lowest BCUT2D eigenvalue weighted by molar-refractivity contribution is -0.105. The summed E-state index contributed by atoms with van der Waals surface area (Å²) >= 11 is 0. The SMILES string of the molecule is COc1c(F)cc(F)c(OC)c1-c1c[nH]c2nc(NC=O)ccc12. The van der Waals surface area contributed by atoms with Gasteiger partial charge in [0.15, 0.2) is 23.1 Å². The molecule has 0 aliphatic rings. The van der Waals surface area contributed by atoms with E-state index < -0.39 is 11.6 Å². The van der Waals surface area contributed by atoms with Crippen molar-refractivity contribution in [2.24, 2.45) is 0 Å². The first-order chi connectivity index (χ1) is 11.6. The van der Waals surface area contributed by atoms with E-state index in [0.717, 1.165) is 0 Å². The molecule has 0 saturated heterocycles. The molecule has 1 amide bonds. The number of anilines is 1. The monoisotopic (exact) mass is 333 g/mol. The van der Waals surface area contributed by atoms with E-state index in [4.69, 9.17) is 9.47 Å². The summed E-state index contributed by atoms with van der Waals surface area (Å²) < 4.78 is 38.4. The van der Waals surface area contributed by atoms with Crippen LogP contribution in [0.3, 0.4) is 0 Å². The van der Waals surface area contributed by atoms with E-state index in [1.165, 1.54) is 14.2 Å². The molecule has 3 rings (SSSR count). The first kappa shape index (κ1) is 15.7. The average Bonchev–Trinajstić information content (AvgIpc) is 2.97. The third kappa shape index (κ3) is 2.41. The minimum atomic E-state index is -0.840. The van der Waals surface area contributed by atoms with Crippen LogP contribution >= 0.6 is 0 Å². The fourth-order valence-electron chi connectivity index (χ4n) is 2.58. The summed E-state index contributed by atoms with van der Waals surface area (Å²) in [7, 11) is 2.58. The molecule has 0 bridgehead atoms. The first-order valence-corrected chi connectivity index (χ1v) is 6.89. The highest BCUT2D eigenvalue weighted by atomic mass is 19.1. The Kier molecular flexibility index (Phi) is 4.03. The second kappa shape index (κ2) is 6.15. The Morgan fingerprint density at radius 3 is 2.42 bits per heavy atom. The number of carbonyl (C=O) groups excluding carboxylic acids is 1. The number of carbonyl (C=O) groups is 1. The van der Waals surface area contributed by atoms with Gasteiger partial charge in [0, 0.05) is 23.2 Å². The maximum atomic E-state index is 14.1. The number of halogens is 2. The van der Waals surface area contributed by atoms with Crippen LogP contribution < -0.4 is 14.8 Å². The van der Waals surface area contributed by atoms with Gasteiger partial charge in [0.05, 0.1) is 19.8 Å². The van der Waals surface area contributed by atoms with Crippen LogP contribution in [0.1, 0.15) is 0 Å². The van der Waals surface area contributed by atoms with Crippen molar-refractivity contribution in [2.75, 3.05) is 19.5 Å². The zero-order chi connectivity index (χ0) is 17.3. The van der Waals surface area contributed by atoms with Crippen molar-refractivity contribution < 1.29 is 23.0 Å². The van der Waals surface area contributed by atoms with Crippen molar-refractivity contribution in [1.29, 1.82) is 0 Å². The molecule has 0 fully saturated rings. The second-order valence-electron chi connectivity index (χ2n) is 4.84. The molecule has 0 unspecified atom stereocenters. The number of pyridine rings is 1. The molecule has 2 aromatic heterocycles. The van der Waals surface area contributed by atoms with Crippen LogP contribution in [0.4, 0.5) is 14.6 Å². The van der Waals surface area contributed by atoms with Crippen molar-refractivity contribution >= 4 is 23.3 Å². The van der Waals surface area contributed by atoms with E-state index in [-0.39, 0.29) is 17.1 Å². The van der Waals surface area contributed by atoms with E-state index in [1.807, 2.05) is 0 Å². The van der Waals surface area contributed by atoms with Gasteiger partial charge in [-0.2, -0.15) is 0 Å². The number of aromatic nitrogens is 2. The quantitative estimate of drug-likeness (QED) is 0.704. The van der Waals surface area contributed by atoms with Gasteiger partial charge in [0.1, 0.15) is 11.5 Å². The highest BCUT2D eigenvalue weighted by Gasteiger charge is 2.24. The van der Waals surface area contributed by atoms with Gasteiger partial charge in [0.2, 0.25) is 6.41 Å². The number of methoxy groups -OCH3 is 2. The van der Waals surface area contributed by atoms with Crippen molar-refractivity contribution in [3.63, 3.8) is 0 Å². The van der Waals surface area contributed by atoms with Crippen molar-refractivity contribution in [2.45, 2.75) is 0 Å². The van der Waals surface area contributed by atoms with Gasteiger partial charge in [-0.15, -0.1) is 0 Å². The molecular formula is C16H13F2N3O3. The van der Waals surface area contributed by atoms with Gasteiger partial charge in [0.25, 0.3) is 0 Å². The zero-order valence-electron chi connectivity index (χ0n) is 12.8. The minimum absolute atomic E-state index is 0.135.